The summed E-state index contributed by atoms with van der Waals surface area (Å²) in [7, 11) is 0. The Hall–Kier alpha value is 0.0249. The van der Waals surface area contributed by atoms with Gasteiger partial charge in [-0.15, -0.1) is 0 Å². The summed E-state index contributed by atoms with van der Waals surface area (Å²) in [4.78, 5) is 2.38. The van der Waals surface area contributed by atoms with Gasteiger partial charge in [0.25, 0.3) is 0 Å². The fourth-order valence-electron chi connectivity index (χ4n) is 1.54. The van der Waals surface area contributed by atoms with Crippen molar-refractivity contribution in [2.45, 2.75) is 60.5 Å². The van der Waals surface area contributed by atoms with Gasteiger partial charge in [-0.25, -0.2) is 0 Å². The van der Waals surface area contributed by atoms with E-state index in [1.807, 2.05) is 0 Å². The average Bonchev–Trinajstić information content (AvgIpc) is 2.24. The molecular formula is C12H30BN. The topological polar surface area (TPSA) is 3.24 Å². The van der Waals surface area contributed by atoms with Gasteiger partial charge in [-0.1, -0.05) is 60.5 Å². The molecule has 0 aliphatic rings. The zero-order valence-electron chi connectivity index (χ0n) is 11.3. The molecule has 86 valence electrons. The normalized spacial score (nSPS) is 9.64. The van der Waals surface area contributed by atoms with Crippen molar-refractivity contribution in [1.29, 1.82) is 0 Å². The molecular weight excluding hydrogens is 169 g/mol. The number of nitrogens with zero attached hydrogens (tertiary/aromatic N) is 1. The minimum absolute atomic E-state index is 0.986. The first-order valence-corrected chi connectivity index (χ1v) is 6.42. The van der Waals surface area contributed by atoms with Crippen molar-refractivity contribution in [3.63, 3.8) is 0 Å². The van der Waals surface area contributed by atoms with E-state index in [1.54, 1.807) is 0 Å². The van der Waals surface area contributed by atoms with Crippen molar-refractivity contribution in [3.05, 3.63) is 0 Å². The molecule has 0 amide bonds. The van der Waals surface area contributed by atoms with E-state index in [0.717, 1.165) is 6.71 Å². The molecule has 0 fully saturated rings. The van der Waals surface area contributed by atoms with Crippen molar-refractivity contribution < 1.29 is 0 Å². The molecule has 0 rings (SSSR count). The van der Waals surface area contributed by atoms with Gasteiger partial charge in [-0.3, -0.25) is 0 Å². The summed E-state index contributed by atoms with van der Waals surface area (Å²) < 4.78 is 0. The molecule has 0 radical (unpaired) electrons. The zero-order chi connectivity index (χ0) is 11.4. The second-order valence-corrected chi connectivity index (χ2v) is 3.71. The number of hydrogen-bond acceptors (Lipinski definition) is 1. The lowest BCUT2D eigenvalue weighted by atomic mass is 9.44. The van der Waals surface area contributed by atoms with Crippen LogP contribution in [-0.2, 0) is 0 Å². The Morgan fingerprint density at radius 2 is 0.929 bits per heavy atom. The highest BCUT2D eigenvalue weighted by Gasteiger charge is 2.01. The predicted octanol–water partition coefficient (Wildman–Crippen LogP) is 3.89. The Labute approximate surface area is 92.3 Å². The van der Waals surface area contributed by atoms with Crippen LogP contribution in [0.15, 0.2) is 0 Å². The molecule has 0 aromatic heterocycles. The Morgan fingerprint density at radius 3 is 0.929 bits per heavy atom. The molecule has 1 nitrogen and oxygen atoms in total. The molecule has 0 bridgehead atoms. The highest BCUT2D eigenvalue weighted by molar-refractivity contribution is 6.58. The Balaban J connectivity index is 0. The van der Waals surface area contributed by atoms with Gasteiger partial charge in [0.05, 0.1) is 0 Å². The molecule has 14 heavy (non-hydrogen) atoms. The van der Waals surface area contributed by atoms with Gasteiger partial charge >= 0.3 is 0 Å². The first-order chi connectivity index (χ1) is 6.69. The third-order valence-corrected chi connectivity index (χ3v) is 3.07. The van der Waals surface area contributed by atoms with E-state index in [0.29, 0.717) is 0 Å². The molecule has 0 aliphatic heterocycles. The van der Waals surface area contributed by atoms with Crippen LogP contribution in [0.3, 0.4) is 0 Å². The smallest absolute Gasteiger partial charge is 0.139 e. The Bertz CT molecular complexity index is 65.3. The first-order valence-electron chi connectivity index (χ1n) is 6.42. The van der Waals surface area contributed by atoms with E-state index in [9.17, 15) is 0 Å². The summed E-state index contributed by atoms with van der Waals surface area (Å²) in [6, 6.07) is 0. The molecule has 0 unspecified atom stereocenters. The van der Waals surface area contributed by atoms with Crippen LogP contribution in [-0.4, -0.2) is 31.2 Å². The standard InChI is InChI=1S/C6H15B.C6H15N/c2*1-4-7(5-2)6-3/h2*4-6H2,1-3H3. The van der Waals surface area contributed by atoms with Gasteiger partial charge in [0.1, 0.15) is 6.71 Å². The van der Waals surface area contributed by atoms with Gasteiger partial charge in [-0.2, -0.15) is 0 Å². The molecule has 0 aromatic rings. The third-order valence-electron chi connectivity index (χ3n) is 3.07. The maximum absolute atomic E-state index is 2.38. The number of hydrogen-bond donors (Lipinski definition) is 0. The van der Waals surface area contributed by atoms with Gasteiger partial charge < -0.3 is 4.90 Å². The summed E-state index contributed by atoms with van der Waals surface area (Å²) in [5, 5.41) is 0. The summed E-state index contributed by atoms with van der Waals surface area (Å²) in [6.45, 7) is 17.9. The largest absolute Gasteiger partial charge is 0.304 e. The zero-order valence-corrected chi connectivity index (χ0v) is 11.3. The molecule has 2 heteroatoms. The van der Waals surface area contributed by atoms with Crippen molar-refractivity contribution >= 4 is 6.71 Å². The van der Waals surface area contributed by atoms with Crippen LogP contribution in [0.2, 0.25) is 19.0 Å². The van der Waals surface area contributed by atoms with Crippen LogP contribution in [0.4, 0.5) is 0 Å². The minimum atomic E-state index is 0.986. The summed E-state index contributed by atoms with van der Waals surface area (Å²) in [5.41, 5.74) is 0. The summed E-state index contributed by atoms with van der Waals surface area (Å²) >= 11 is 0. The van der Waals surface area contributed by atoms with E-state index in [1.165, 1.54) is 38.6 Å². The molecule has 0 aliphatic carbocycles. The van der Waals surface area contributed by atoms with Crippen LogP contribution in [0.1, 0.15) is 41.5 Å². The maximum atomic E-state index is 2.38. The van der Waals surface area contributed by atoms with E-state index < -0.39 is 0 Å². The quantitative estimate of drug-likeness (QED) is 0.586. The van der Waals surface area contributed by atoms with Crippen LogP contribution in [0, 0.1) is 0 Å². The predicted molar refractivity (Wildman–Crippen MR) is 70.7 cm³/mol. The highest BCUT2D eigenvalue weighted by Crippen LogP contribution is 2.01. The highest BCUT2D eigenvalue weighted by atomic mass is 15.1. The van der Waals surface area contributed by atoms with E-state index in [4.69, 9.17) is 0 Å². The monoisotopic (exact) mass is 199 g/mol. The van der Waals surface area contributed by atoms with E-state index in [2.05, 4.69) is 46.4 Å². The Kier molecular flexibility index (Phi) is 15.3. The van der Waals surface area contributed by atoms with E-state index >= 15 is 0 Å². The van der Waals surface area contributed by atoms with Crippen LogP contribution in [0.5, 0.6) is 0 Å². The molecule has 0 saturated carbocycles. The average molecular weight is 199 g/mol. The first kappa shape index (κ1) is 16.5. The van der Waals surface area contributed by atoms with E-state index in [-0.39, 0.29) is 0 Å². The fraction of sp³-hybridized carbons (Fsp3) is 1.00. The van der Waals surface area contributed by atoms with Crippen molar-refractivity contribution in [3.8, 4) is 0 Å². The second-order valence-electron chi connectivity index (χ2n) is 3.71. The van der Waals surface area contributed by atoms with Crippen molar-refractivity contribution in [2.75, 3.05) is 19.6 Å². The van der Waals surface area contributed by atoms with Gasteiger partial charge in [0, 0.05) is 0 Å². The molecule has 0 atom stereocenters. The Morgan fingerprint density at radius 1 is 0.643 bits per heavy atom. The van der Waals surface area contributed by atoms with Crippen LogP contribution in [0.25, 0.3) is 0 Å². The maximum Gasteiger partial charge on any atom is 0.139 e. The molecule has 0 aromatic carbocycles. The van der Waals surface area contributed by atoms with Gasteiger partial charge in [0.15, 0.2) is 0 Å². The van der Waals surface area contributed by atoms with Crippen LogP contribution < -0.4 is 0 Å². The lowest BCUT2D eigenvalue weighted by molar-refractivity contribution is 0.321. The van der Waals surface area contributed by atoms with Crippen LogP contribution >= 0.6 is 0 Å². The SMILES string of the molecule is CCB(CC)CC.CCN(CC)CC. The lowest BCUT2D eigenvalue weighted by Crippen LogP contribution is -2.21. The summed E-state index contributed by atoms with van der Waals surface area (Å²) in [5.74, 6) is 0. The molecule has 0 N–H and O–H groups in total. The van der Waals surface area contributed by atoms with Gasteiger partial charge in [-0.05, 0) is 19.6 Å². The molecule has 0 saturated heterocycles. The molecule has 0 heterocycles. The fourth-order valence-corrected chi connectivity index (χ4v) is 1.54. The molecule has 0 spiro atoms. The third kappa shape index (κ3) is 10.1. The van der Waals surface area contributed by atoms with Crippen molar-refractivity contribution in [2.24, 2.45) is 0 Å². The number of rotatable bonds is 6. The van der Waals surface area contributed by atoms with Gasteiger partial charge in [0.2, 0.25) is 0 Å². The minimum Gasteiger partial charge on any atom is -0.304 e. The second kappa shape index (κ2) is 13.0. The van der Waals surface area contributed by atoms with Crippen molar-refractivity contribution in [1.82, 2.24) is 4.90 Å². The lowest BCUT2D eigenvalue weighted by Gasteiger charge is -2.13. The summed E-state index contributed by atoms with van der Waals surface area (Å²) in [6.07, 6.45) is 4.06.